The van der Waals surface area contributed by atoms with Crippen LogP contribution in [-0.4, -0.2) is 25.9 Å². The predicted molar refractivity (Wildman–Crippen MR) is 79.1 cm³/mol. The van der Waals surface area contributed by atoms with Gasteiger partial charge < -0.3 is 9.47 Å². The Hall–Kier alpha value is -1.64. The summed E-state index contributed by atoms with van der Waals surface area (Å²) in [5.74, 6) is 0.841. The van der Waals surface area contributed by atoms with E-state index in [-0.39, 0.29) is 11.0 Å². The van der Waals surface area contributed by atoms with Gasteiger partial charge in [-0.1, -0.05) is 31.9 Å². The van der Waals surface area contributed by atoms with E-state index in [1.807, 2.05) is 24.3 Å². The van der Waals surface area contributed by atoms with Crippen molar-refractivity contribution >= 4 is 6.08 Å². The number of isocyanates is 1. The highest BCUT2D eigenvalue weighted by molar-refractivity contribution is 5.41. The van der Waals surface area contributed by atoms with Crippen LogP contribution in [0.4, 0.5) is 0 Å². The molecular formula is C17H21NO3. The van der Waals surface area contributed by atoms with Crippen molar-refractivity contribution < 1.29 is 14.3 Å². The van der Waals surface area contributed by atoms with Crippen LogP contribution in [0.5, 0.6) is 5.75 Å². The molecule has 0 atom stereocenters. The molecule has 3 rings (SSSR count). The number of nitrogens with zero attached hydrogens (tertiary/aromatic N) is 1. The molecule has 0 N–H and O–H groups in total. The van der Waals surface area contributed by atoms with E-state index in [9.17, 15) is 4.79 Å². The van der Waals surface area contributed by atoms with E-state index < -0.39 is 0 Å². The maximum absolute atomic E-state index is 10.8. The molecular weight excluding hydrogens is 266 g/mol. The summed E-state index contributed by atoms with van der Waals surface area (Å²) in [6, 6.07) is 7.99. The first-order chi connectivity index (χ1) is 10.2. The summed E-state index contributed by atoms with van der Waals surface area (Å²) in [6.45, 7) is 4.33. The summed E-state index contributed by atoms with van der Waals surface area (Å²) in [7, 11) is 0. The van der Waals surface area contributed by atoms with Gasteiger partial charge in [0, 0.05) is 5.41 Å². The van der Waals surface area contributed by atoms with Crippen LogP contribution >= 0.6 is 0 Å². The standard InChI is InChI=1S/C17H21NO3/c1-16(10-20-11-16)12-21-15-6-4-5-14(9-15)17(18-13-19)7-2-3-8-17/h4-6,9H,2-3,7-8,10-12H2,1H3. The Labute approximate surface area is 125 Å². The van der Waals surface area contributed by atoms with Crippen molar-refractivity contribution in [2.75, 3.05) is 19.8 Å². The first-order valence-electron chi connectivity index (χ1n) is 7.56. The maximum atomic E-state index is 10.8. The summed E-state index contributed by atoms with van der Waals surface area (Å²) in [6.07, 6.45) is 5.79. The van der Waals surface area contributed by atoms with Crippen molar-refractivity contribution in [3.05, 3.63) is 29.8 Å². The molecule has 0 amide bonds. The molecule has 0 unspecified atom stereocenters. The van der Waals surface area contributed by atoms with Crippen LogP contribution in [0.3, 0.4) is 0 Å². The highest BCUT2D eigenvalue weighted by Crippen LogP contribution is 2.43. The zero-order chi connectivity index (χ0) is 14.8. The molecule has 21 heavy (non-hydrogen) atoms. The summed E-state index contributed by atoms with van der Waals surface area (Å²) < 4.78 is 11.2. The van der Waals surface area contributed by atoms with Crippen molar-refractivity contribution in [1.29, 1.82) is 0 Å². The monoisotopic (exact) mass is 287 g/mol. The molecule has 1 aromatic rings. The fraction of sp³-hybridized carbons (Fsp3) is 0.588. The van der Waals surface area contributed by atoms with Crippen LogP contribution in [0.2, 0.25) is 0 Å². The Balaban J connectivity index is 1.77. The van der Waals surface area contributed by atoms with E-state index in [4.69, 9.17) is 9.47 Å². The molecule has 1 saturated heterocycles. The second-order valence-electron chi connectivity index (χ2n) is 6.56. The van der Waals surface area contributed by atoms with Gasteiger partial charge in [0.25, 0.3) is 0 Å². The average molecular weight is 287 g/mol. The smallest absolute Gasteiger partial charge is 0.235 e. The van der Waals surface area contributed by atoms with Gasteiger partial charge in [-0.3, -0.25) is 0 Å². The fourth-order valence-electron chi connectivity index (χ4n) is 3.18. The third kappa shape index (κ3) is 2.87. The lowest BCUT2D eigenvalue weighted by Gasteiger charge is -2.37. The lowest BCUT2D eigenvalue weighted by molar-refractivity contribution is -0.120. The molecule has 0 spiro atoms. The minimum Gasteiger partial charge on any atom is -0.493 e. The lowest BCUT2D eigenvalue weighted by Crippen LogP contribution is -2.44. The van der Waals surface area contributed by atoms with E-state index in [1.54, 1.807) is 6.08 Å². The van der Waals surface area contributed by atoms with Gasteiger partial charge >= 0.3 is 0 Å². The Morgan fingerprint density at radius 1 is 1.33 bits per heavy atom. The molecule has 4 nitrogen and oxygen atoms in total. The molecule has 0 radical (unpaired) electrons. The molecule has 1 heterocycles. The summed E-state index contributed by atoms with van der Waals surface area (Å²) in [5.41, 5.74) is 0.808. The van der Waals surface area contributed by atoms with E-state index in [1.165, 1.54) is 0 Å². The summed E-state index contributed by atoms with van der Waals surface area (Å²) >= 11 is 0. The molecule has 112 valence electrons. The van der Waals surface area contributed by atoms with Crippen molar-refractivity contribution in [3.63, 3.8) is 0 Å². The normalized spacial score (nSPS) is 22.1. The highest BCUT2D eigenvalue weighted by Gasteiger charge is 2.36. The zero-order valence-corrected chi connectivity index (χ0v) is 12.4. The molecule has 0 aromatic heterocycles. The van der Waals surface area contributed by atoms with E-state index in [2.05, 4.69) is 11.9 Å². The van der Waals surface area contributed by atoms with Gasteiger partial charge in [-0.05, 0) is 30.5 Å². The van der Waals surface area contributed by atoms with Crippen molar-refractivity contribution in [1.82, 2.24) is 0 Å². The number of benzene rings is 1. The van der Waals surface area contributed by atoms with Crippen molar-refractivity contribution in [3.8, 4) is 5.75 Å². The van der Waals surface area contributed by atoms with Gasteiger partial charge in [0.1, 0.15) is 5.75 Å². The molecule has 0 bridgehead atoms. The van der Waals surface area contributed by atoms with Gasteiger partial charge in [-0.15, -0.1) is 0 Å². The fourth-order valence-corrected chi connectivity index (χ4v) is 3.18. The van der Waals surface area contributed by atoms with E-state index >= 15 is 0 Å². The van der Waals surface area contributed by atoms with Crippen LogP contribution in [-0.2, 0) is 15.1 Å². The van der Waals surface area contributed by atoms with Crippen LogP contribution < -0.4 is 4.74 Å². The molecule has 4 heteroatoms. The number of rotatable bonds is 5. The number of aliphatic imine (C=N–C) groups is 1. The molecule has 1 aliphatic heterocycles. The number of ether oxygens (including phenoxy) is 2. The van der Waals surface area contributed by atoms with E-state index in [0.29, 0.717) is 6.61 Å². The minimum atomic E-state index is -0.384. The first-order valence-corrected chi connectivity index (χ1v) is 7.56. The number of carbonyl (C=O) groups excluding carboxylic acids is 1. The van der Waals surface area contributed by atoms with Crippen LogP contribution in [0.1, 0.15) is 38.2 Å². The van der Waals surface area contributed by atoms with Crippen molar-refractivity contribution in [2.45, 2.75) is 38.1 Å². The van der Waals surface area contributed by atoms with Crippen LogP contribution in [0.15, 0.2) is 29.3 Å². The largest absolute Gasteiger partial charge is 0.493 e. The third-order valence-electron chi connectivity index (χ3n) is 4.55. The number of hydrogen-bond acceptors (Lipinski definition) is 4. The van der Waals surface area contributed by atoms with Gasteiger partial charge in [-0.25, -0.2) is 4.79 Å². The van der Waals surface area contributed by atoms with Crippen LogP contribution in [0, 0.1) is 5.41 Å². The molecule has 2 fully saturated rings. The first kappa shape index (κ1) is 14.3. The zero-order valence-electron chi connectivity index (χ0n) is 12.4. The minimum absolute atomic E-state index is 0.127. The highest BCUT2D eigenvalue weighted by atomic mass is 16.5. The summed E-state index contributed by atoms with van der Waals surface area (Å²) in [5, 5.41) is 0. The topological polar surface area (TPSA) is 47.9 Å². The third-order valence-corrected chi connectivity index (χ3v) is 4.55. The summed E-state index contributed by atoms with van der Waals surface area (Å²) in [4.78, 5) is 14.9. The SMILES string of the molecule is CC1(COc2cccc(C3(N=C=O)CCCC3)c2)COC1. The Bertz CT molecular complexity index is 553. The Kier molecular flexibility index (Phi) is 3.83. The average Bonchev–Trinajstić information content (AvgIpc) is 2.94. The number of hydrogen-bond donors (Lipinski definition) is 0. The molecule has 1 aliphatic carbocycles. The van der Waals surface area contributed by atoms with Crippen LogP contribution in [0.25, 0.3) is 0 Å². The predicted octanol–water partition coefficient (Wildman–Crippen LogP) is 3.21. The second-order valence-corrected chi connectivity index (χ2v) is 6.56. The van der Waals surface area contributed by atoms with Gasteiger partial charge in [0.05, 0.1) is 25.4 Å². The van der Waals surface area contributed by atoms with Gasteiger partial charge in [0.2, 0.25) is 6.08 Å². The van der Waals surface area contributed by atoms with Gasteiger partial charge in [-0.2, -0.15) is 4.99 Å². The Morgan fingerprint density at radius 2 is 2.10 bits per heavy atom. The van der Waals surface area contributed by atoms with E-state index in [0.717, 1.165) is 50.2 Å². The second kappa shape index (κ2) is 5.63. The molecule has 2 aliphatic rings. The maximum Gasteiger partial charge on any atom is 0.235 e. The quantitative estimate of drug-likeness (QED) is 0.617. The Morgan fingerprint density at radius 3 is 2.71 bits per heavy atom. The van der Waals surface area contributed by atoms with Crippen molar-refractivity contribution in [2.24, 2.45) is 10.4 Å². The van der Waals surface area contributed by atoms with Gasteiger partial charge in [0.15, 0.2) is 0 Å². The molecule has 1 saturated carbocycles. The molecule has 1 aromatic carbocycles. The lowest BCUT2D eigenvalue weighted by atomic mass is 9.88.